The van der Waals surface area contributed by atoms with Crippen LogP contribution in [0.1, 0.15) is 38.5 Å². The van der Waals surface area contributed by atoms with Crippen molar-refractivity contribution in [3.8, 4) is 0 Å². The third-order valence-electron chi connectivity index (χ3n) is 3.56. The molecular formula is C10H19N3O. The molecule has 1 heterocycles. The Morgan fingerprint density at radius 2 is 2.14 bits per heavy atom. The number of nitrogens with two attached hydrogens (primary N) is 1. The van der Waals surface area contributed by atoms with Crippen molar-refractivity contribution in [2.24, 2.45) is 11.7 Å². The van der Waals surface area contributed by atoms with Crippen LogP contribution < -0.4 is 16.6 Å². The van der Waals surface area contributed by atoms with Crippen molar-refractivity contribution in [3.05, 3.63) is 0 Å². The summed E-state index contributed by atoms with van der Waals surface area (Å²) in [5.74, 6) is -0.0485. The van der Waals surface area contributed by atoms with Crippen molar-refractivity contribution >= 4 is 5.91 Å². The van der Waals surface area contributed by atoms with Crippen molar-refractivity contribution in [1.29, 1.82) is 0 Å². The van der Waals surface area contributed by atoms with Crippen molar-refractivity contribution in [2.75, 3.05) is 6.54 Å². The SMILES string of the molecule is NC(=O)C1CCCC2(CCCNN2)C1. The molecule has 2 rings (SSSR count). The van der Waals surface area contributed by atoms with Crippen LogP contribution in [-0.4, -0.2) is 18.0 Å². The molecule has 4 nitrogen and oxygen atoms in total. The lowest BCUT2D eigenvalue weighted by atomic mass is 9.73. The van der Waals surface area contributed by atoms with Gasteiger partial charge in [-0.1, -0.05) is 6.42 Å². The zero-order chi connectivity index (χ0) is 10.0. The molecule has 4 N–H and O–H groups in total. The summed E-state index contributed by atoms with van der Waals surface area (Å²) in [4.78, 5) is 11.2. The molecule has 4 heteroatoms. The standard InChI is InChI=1S/C10H19N3O/c11-9(14)8-3-1-4-10(7-8)5-2-6-12-13-10/h8,12-13H,1-7H2,(H2,11,14). The Labute approximate surface area is 84.6 Å². The van der Waals surface area contributed by atoms with Gasteiger partial charge in [0, 0.05) is 18.0 Å². The lowest BCUT2D eigenvalue weighted by molar-refractivity contribution is -0.123. The lowest BCUT2D eigenvalue weighted by Crippen LogP contribution is -2.59. The van der Waals surface area contributed by atoms with Crippen molar-refractivity contribution in [3.63, 3.8) is 0 Å². The largest absolute Gasteiger partial charge is 0.369 e. The average molecular weight is 197 g/mol. The van der Waals surface area contributed by atoms with Crippen molar-refractivity contribution < 1.29 is 4.79 Å². The van der Waals surface area contributed by atoms with E-state index in [-0.39, 0.29) is 17.4 Å². The zero-order valence-electron chi connectivity index (χ0n) is 8.51. The predicted molar refractivity (Wildman–Crippen MR) is 54.3 cm³/mol. The van der Waals surface area contributed by atoms with E-state index in [1.54, 1.807) is 0 Å². The summed E-state index contributed by atoms with van der Waals surface area (Å²) < 4.78 is 0. The van der Waals surface area contributed by atoms with Crippen LogP contribution in [0.3, 0.4) is 0 Å². The Kier molecular flexibility index (Phi) is 2.74. The maximum atomic E-state index is 11.2. The fourth-order valence-corrected chi connectivity index (χ4v) is 2.77. The molecule has 1 amide bonds. The lowest BCUT2D eigenvalue weighted by Gasteiger charge is -2.43. The summed E-state index contributed by atoms with van der Waals surface area (Å²) in [6, 6.07) is 0. The van der Waals surface area contributed by atoms with Crippen LogP contribution >= 0.6 is 0 Å². The number of hydrogen-bond acceptors (Lipinski definition) is 3. The van der Waals surface area contributed by atoms with Gasteiger partial charge < -0.3 is 5.73 Å². The number of hydrazine groups is 1. The minimum Gasteiger partial charge on any atom is -0.369 e. The molecule has 2 unspecified atom stereocenters. The van der Waals surface area contributed by atoms with E-state index in [0.29, 0.717) is 0 Å². The molecule has 0 aromatic carbocycles. The minimum atomic E-state index is -0.128. The van der Waals surface area contributed by atoms with E-state index in [9.17, 15) is 4.79 Å². The third kappa shape index (κ3) is 1.91. The van der Waals surface area contributed by atoms with Crippen LogP contribution in [0.25, 0.3) is 0 Å². The zero-order valence-corrected chi connectivity index (χ0v) is 8.51. The van der Waals surface area contributed by atoms with Gasteiger partial charge in [0.2, 0.25) is 5.91 Å². The molecule has 0 bridgehead atoms. The van der Waals surface area contributed by atoms with E-state index in [1.165, 1.54) is 19.3 Å². The fraction of sp³-hybridized carbons (Fsp3) is 0.900. The van der Waals surface area contributed by atoms with Crippen molar-refractivity contribution in [1.82, 2.24) is 10.9 Å². The van der Waals surface area contributed by atoms with Gasteiger partial charge in [0.25, 0.3) is 0 Å². The summed E-state index contributed by atoms with van der Waals surface area (Å²) in [5.41, 5.74) is 12.1. The molecule has 2 fully saturated rings. The Morgan fingerprint density at radius 1 is 1.36 bits per heavy atom. The van der Waals surface area contributed by atoms with Gasteiger partial charge in [-0.3, -0.25) is 15.6 Å². The second kappa shape index (κ2) is 3.87. The van der Waals surface area contributed by atoms with Crippen LogP contribution in [-0.2, 0) is 4.79 Å². The summed E-state index contributed by atoms with van der Waals surface area (Å²) in [6.07, 6.45) is 6.53. The smallest absolute Gasteiger partial charge is 0.220 e. The Morgan fingerprint density at radius 3 is 2.79 bits per heavy atom. The summed E-state index contributed by atoms with van der Waals surface area (Å²) in [6.45, 7) is 1.03. The van der Waals surface area contributed by atoms with Crippen LogP contribution in [0.2, 0.25) is 0 Å². The predicted octanol–water partition coefficient (Wildman–Crippen LogP) is 0.289. The number of amides is 1. The minimum absolute atomic E-state index is 0.0798. The topological polar surface area (TPSA) is 67.2 Å². The highest BCUT2D eigenvalue weighted by atomic mass is 16.1. The van der Waals surface area contributed by atoms with Gasteiger partial charge in [-0.2, -0.15) is 0 Å². The highest BCUT2D eigenvalue weighted by Crippen LogP contribution is 2.36. The van der Waals surface area contributed by atoms with Gasteiger partial charge in [0.1, 0.15) is 0 Å². The highest BCUT2D eigenvalue weighted by molar-refractivity contribution is 5.76. The monoisotopic (exact) mass is 197 g/mol. The van der Waals surface area contributed by atoms with Crippen molar-refractivity contribution in [2.45, 2.75) is 44.1 Å². The Bertz CT molecular complexity index is 218. The van der Waals surface area contributed by atoms with E-state index in [0.717, 1.165) is 25.8 Å². The number of rotatable bonds is 1. The van der Waals surface area contributed by atoms with E-state index >= 15 is 0 Å². The van der Waals surface area contributed by atoms with Gasteiger partial charge in [-0.25, -0.2) is 0 Å². The van der Waals surface area contributed by atoms with E-state index in [2.05, 4.69) is 10.9 Å². The second-order valence-electron chi connectivity index (χ2n) is 4.63. The molecule has 1 saturated carbocycles. The van der Waals surface area contributed by atoms with E-state index < -0.39 is 0 Å². The van der Waals surface area contributed by atoms with Gasteiger partial charge in [-0.15, -0.1) is 0 Å². The number of carbonyl (C=O) groups is 1. The number of primary amides is 1. The number of hydrogen-bond donors (Lipinski definition) is 3. The molecule has 0 radical (unpaired) electrons. The highest BCUT2D eigenvalue weighted by Gasteiger charge is 2.38. The van der Waals surface area contributed by atoms with Gasteiger partial charge in [0.05, 0.1) is 0 Å². The maximum absolute atomic E-state index is 11.2. The molecule has 0 aromatic rings. The molecule has 1 aliphatic carbocycles. The molecule has 2 atom stereocenters. The van der Waals surface area contributed by atoms with Gasteiger partial charge in [0.15, 0.2) is 0 Å². The second-order valence-corrected chi connectivity index (χ2v) is 4.63. The molecular weight excluding hydrogens is 178 g/mol. The average Bonchev–Trinajstić information content (AvgIpc) is 2.19. The molecule has 80 valence electrons. The van der Waals surface area contributed by atoms with E-state index in [1.807, 2.05) is 0 Å². The third-order valence-corrected chi connectivity index (χ3v) is 3.56. The first-order chi connectivity index (χ1) is 6.72. The summed E-state index contributed by atoms with van der Waals surface area (Å²) in [7, 11) is 0. The number of carbonyl (C=O) groups excluding carboxylic acids is 1. The van der Waals surface area contributed by atoms with Crippen LogP contribution in [0.4, 0.5) is 0 Å². The Hall–Kier alpha value is -0.610. The molecule has 1 saturated heterocycles. The number of nitrogens with one attached hydrogen (secondary N) is 2. The fourth-order valence-electron chi connectivity index (χ4n) is 2.77. The van der Waals surface area contributed by atoms with Gasteiger partial charge >= 0.3 is 0 Å². The molecule has 1 spiro atoms. The first-order valence-corrected chi connectivity index (χ1v) is 5.51. The van der Waals surface area contributed by atoms with Crippen LogP contribution in [0.5, 0.6) is 0 Å². The first kappa shape index (κ1) is 9.93. The Balaban J connectivity index is 2.01. The summed E-state index contributed by atoms with van der Waals surface area (Å²) >= 11 is 0. The molecule has 2 aliphatic rings. The molecule has 0 aromatic heterocycles. The first-order valence-electron chi connectivity index (χ1n) is 5.51. The van der Waals surface area contributed by atoms with Crippen LogP contribution in [0.15, 0.2) is 0 Å². The summed E-state index contributed by atoms with van der Waals surface area (Å²) in [5, 5.41) is 0. The molecule has 1 aliphatic heterocycles. The maximum Gasteiger partial charge on any atom is 0.220 e. The normalized spacial score (nSPS) is 38.4. The van der Waals surface area contributed by atoms with E-state index in [4.69, 9.17) is 5.73 Å². The molecule has 14 heavy (non-hydrogen) atoms. The quantitative estimate of drug-likeness (QED) is 0.566. The van der Waals surface area contributed by atoms with Crippen LogP contribution in [0, 0.1) is 5.92 Å². The van der Waals surface area contributed by atoms with Gasteiger partial charge in [-0.05, 0) is 32.1 Å².